The fourth-order valence-corrected chi connectivity index (χ4v) is 3.71. The lowest BCUT2D eigenvalue weighted by Crippen LogP contribution is -2.39. The number of nitrogens with zero attached hydrogens (tertiary/aromatic N) is 2. The van der Waals surface area contributed by atoms with Gasteiger partial charge in [-0.15, -0.1) is 0 Å². The van der Waals surface area contributed by atoms with E-state index in [-0.39, 0.29) is 4.90 Å². The van der Waals surface area contributed by atoms with Crippen LogP contribution in [-0.4, -0.2) is 25.5 Å². The lowest BCUT2D eigenvalue weighted by Gasteiger charge is -2.18. The molecule has 1 aromatic rings. The molecule has 0 aliphatic carbocycles. The summed E-state index contributed by atoms with van der Waals surface area (Å²) in [6.07, 6.45) is 0. The minimum absolute atomic E-state index is 0.00758. The molecular weight excluding hydrogens is 302 g/mol. The summed E-state index contributed by atoms with van der Waals surface area (Å²) < 4.78 is 34.9. The van der Waals surface area contributed by atoms with Crippen LogP contribution in [0, 0.1) is 5.92 Å². The number of aliphatic carboxylic acids is 1. The van der Waals surface area contributed by atoms with Crippen LogP contribution >= 0.6 is 0 Å². The third-order valence-corrected chi connectivity index (χ3v) is 5.15. The molecule has 7 nitrogen and oxygen atoms in total. The van der Waals surface area contributed by atoms with E-state index in [1.807, 2.05) is 0 Å². The van der Waals surface area contributed by atoms with Gasteiger partial charge in [0.2, 0.25) is 10.0 Å². The van der Waals surface area contributed by atoms with Crippen LogP contribution in [0.5, 0.6) is 0 Å². The van der Waals surface area contributed by atoms with Crippen molar-refractivity contribution in [3.63, 3.8) is 0 Å². The van der Waals surface area contributed by atoms with Crippen LogP contribution in [0.15, 0.2) is 31.8 Å². The number of benzene rings is 1. The smallest absolute Gasteiger partial charge is 0.307 e. The first-order valence-corrected chi connectivity index (χ1v) is 8.00. The second kappa shape index (κ2) is 5.43. The Morgan fingerprint density at radius 2 is 2.05 bits per heavy atom. The minimum atomic E-state index is -3.84. The van der Waals surface area contributed by atoms with Gasteiger partial charge in [-0.1, -0.05) is 13.0 Å². The molecule has 0 bridgehead atoms. The molecule has 0 saturated carbocycles. The predicted octanol–water partition coefficient (Wildman–Crippen LogP) is 1.80. The van der Waals surface area contributed by atoms with Gasteiger partial charge in [0.05, 0.1) is 17.3 Å². The van der Waals surface area contributed by atoms with Gasteiger partial charge in [0.15, 0.2) is 0 Å². The van der Waals surface area contributed by atoms with Gasteiger partial charge in [0.25, 0.3) is 0 Å². The van der Waals surface area contributed by atoms with Crippen molar-refractivity contribution < 1.29 is 18.3 Å². The minimum Gasteiger partial charge on any atom is -0.481 e. The molecule has 2 N–H and O–H groups in total. The van der Waals surface area contributed by atoms with E-state index in [2.05, 4.69) is 13.4 Å². The average molecular weight is 315 g/mol. The molecular formula is C11H13N3O4S2. The maximum Gasteiger partial charge on any atom is 0.307 e. The second-order valence-electron chi connectivity index (χ2n) is 4.42. The highest BCUT2D eigenvalue weighted by atomic mass is 32.2. The second-order valence-corrected chi connectivity index (χ2v) is 6.64. The van der Waals surface area contributed by atoms with E-state index in [0.29, 0.717) is 11.4 Å². The van der Waals surface area contributed by atoms with Crippen molar-refractivity contribution in [3.8, 4) is 0 Å². The molecule has 1 heterocycles. The Hall–Kier alpha value is -1.58. The van der Waals surface area contributed by atoms with Crippen LogP contribution < -0.4 is 4.72 Å². The van der Waals surface area contributed by atoms with Crippen LogP contribution in [-0.2, 0) is 26.2 Å². The monoisotopic (exact) mass is 315 g/mol. The van der Waals surface area contributed by atoms with Crippen molar-refractivity contribution in [2.45, 2.75) is 24.8 Å². The zero-order valence-electron chi connectivity index (χ0n) is 10.8. The van der Waals surface area contributed by atoms with Gasteiger partial charge in [0, 0.05) is 6.04 Å². The van der Waals surface area contributed by atoms with Crippen LogP contribution in [0.2, 0.25) is 0 Å². The van der Waals surface area contributed by atoms with Crippen molar-refractivity contribution in [1.82, 2.24) is 4.72 Å². The molecule has 2 atom stereocenters. The van der Waals surface area contributed by atoms with Crippen LogP contribution in [0.4, 0.5) is 11.4 Å². The summed E-state index contributed by atoms with van der Waals surface area (Å²) in [5.41, 5.74) is 0.789. The molecule has 0 spiro atoms. The largest absolute Gasteiger partial charge is 0.481 e. The fourth-order valence-electron chi connectivity index (χ4n) is 1.62. The van der Waals surface area contributed by atoms with Gasteiger partial charge in [-0.05, 0) is 19.1 Å². The highest BCUT2D eigenvalue weighted by Crippen LogP contribution is 2.37. The summed E-state index contributed by atoms with van der Waals surface area (Å²) in [5, 5.41) is 8.90. The maximum absolute atomic E-state index is 12.3. The first kappa shape index (κ1) is 14.8. The summed E-state index contributed by atoms with van der Waals surface area (Å²) in [6, 6.07) is 3.92. The standard InChI is InChI=1S/C11H13N3O4S2/c1-6(11(15)16)7(2)14-20(17,18)9-5-3-4-8-10(9)13-19-12-8/h3-7,14H,1-2H3,(H,15,16). The molecule has 0 radical (unpaired) electrons. The molecule has 0 fully saturated rings. The number of carboxylic acids is 1. The van der Waals surface area contributed by atoms with Crippen LogP contribution in [0.3, 0.4) is 0 Å². The van der Waals surface area contributed by atoms with Gasteiger partial charge in [-0.2, -0.15) is 8.73 Å². The van der Waals surface area contributed by atoms with E-state index in [1.54, 1.807) is 12.1 Å². The van der Waals surface area contributed by atoms with Crippen molar-refractivity contribution in [1.29, 1.82) is 0 Å². The number of sulfonamides is 1. The van der Waals surface area contributed by atoms with Crippen LogP contribution in [0.25, 0.3) is 0 Å². The quantitative estimate of drug-likeness (QED) is 0.877. The number of nitrogens with one attached hydrogen (secondary N) is 1. The molecule has 1 aliphatic rings. The SMILES string of the molecule is CC(NS(=O)(=O)c1cccc2c1N=S=N2)C(C)C(=O)O. The summed E-state index contributed by atoms with van der Waals surface area (Å²) in [4.78, 5) is 10.9. The van der Waals surface area contributed by atoms with E-state index in [0.717, 1.165) is 11.4 Å². The Bertz CT molecular complexity index is 723. The average Bonchev–Trinajstić information content (AvgIpc) is 2.84. The van der Waals surface area contributed by atoms with E-state index in [1.165, 1.54) is 19.9 Å². The summed E-state index contributed by atoms with van der Waals surface area (Å²) in [6.45, 7) is 2.95. The van der Waals surface area contributed by atoms with Crippen LogP contribution in [0.1, 0.15) is 13.8 Å². The van der Waals surface area contributed by atoms with Gasteiger partial charge in [-0.25, -0.2) is 13.1 Å². The Balaban J connectivity index is 2.31. The molecule has 9 heteroatoms. The summed E-state index contributed by atoms with van der Waals surface area (Å²) in [5.74, 6) is -1.90. The Kier molecular flexibility index (Phi) is 4.02. The molecule has 20 heavy (non-hydrogen) atoms. The van der Waals surface area contributed by atoms with Gasteiger partial charge >= 0.3 is 5.97 Å². The Morgan fingerprint density at radius 3 is 2.70 bits per heavy atom. The lowest BCUT2D eigenvalue weighted by molar-refractivity contribution is -0.141. The first-order valence-electron chi connectivity index (χ1n) is 5.79. The van der Waals surface area contributed by atoms with E-state index >= 15 is 0 Å². The number of rotatable bonds is 5. The third-order valence-electron chi connectivity index (χ3n) is 3.02. The highest BCUT2D eigenvalue weighted by Gasteiger charge is 2.28. The normalized spacial score (nSPS) is 16.3. The number of fused-ring (bicyclic) bond motifs is 1. The molecule has 2 rings (SSSR count). The van der Waals surface area contributed by atoms with Crippen molar-refractivity contribution >= 4 is 38.7 Å². The van der Waals surface area contributed by atoms with Crippen molar-refractivity contribution in [2.75, 3.05) is 0 Å². The lowest BCUT2D eigenvalue weighted by atomic mass is 10.1. The van der Waals surface area contributed by atoms with Crippen molar-refractivity contribution in [3.05, 3.63) is 18.2 Å². The van der Waals surface area contributed by atoms with Gasteiger partial charge in [-0.3, -0.25) is 4.79 Å². The number of hydrogen-bond donors (Lipinski definition) is 2. The molecule has 0 saturated heterocycles. The van der Waals surface area contributed by atoms with E-state index < -0.39 is 28.0 Å². The molecule has 108 valence electrons. The molecule has 0 aromatic heterocycles. The molecule has 1 aromatic carbocycles. The van der Waals surface area contributed by atoms with Crippen molar-refractivity contribution in [2.24, 2.45) is 14.6 Å². The van der Waals surface area contributed by atoms with Gasteiger partial charge < -0.3 is 5.11 Å². The van der Waals surface area contributed by atoms with E-state index in [9.17, 15) is 13.2 Å². The molecule has 2 unspecified atom stereocenters. The number of carboxylic acid groups (broad SMARTS) is 1. The zero-order chi connectivity index (χ0) is 14.9. The maximum atomic E-state index is 12.3. The molecule has 0 amide bonds. The number of carbonyl (C=O) groups is 1. The first-order chi connectivity index (χ1) is 9.33. The molecule has 1 aliphatic heterocycles. The zero-order valence-corrected chi connectivity index (χ0v) is 12.4. The Morgan fingerprint density at radius 1 is 1.35 bits per heavy atom. The van der Waals surface area contributed by atoms with E-state index in [4.69, 9.17) is 5.11 Å². The fraction of sp³-hybridized carbons (Fsp3) is 0.364. The third kappa shape index (κ3) is 2.79. The summed E-state index contributed by atoms with van der Waals surface area (Å²) >= 11 is 0.927. The highest BCUT2D eigenvalue weighted by molar-refractivity contribution is 7.89. The Labute approximate surface area is 120 Å². The predicted molar refractivity (Wildman–Crippen MR) is 74.6 cm³/mol. The summed E-state index contributed by atoms with van der Waals surface area (Å²) in [7, 11) is -3.84. The topological polar surface area (TPSA) is 108 Å². The number of hydrogen-bond acceptors (Lipinski definition) is 5. The van der Waals surface area contributed by atoms with Gasteiger partial charge in [0.1, 0.15) is 16.3 Å².